The molecule has 0 radical (unpaired) electrons. The highest BCUT2D eigenvalue weighted by atomic mass is 16.5. The van der Waals surface area contributed by atoms with Crippen molar-refractivity contribution in [1.82, 2.24) is 4.90 Å². The second-order valence-electron chi connectivity index (χ2n) is 8.57. The van der Waals surface area contributed by atoms with E-state index >= 15 is 0 Å². The van der Waals surface area contributed by atoms with Gasteiger partial charge in [-0.15, -0.1) is 0 Å². The van der Waals surface area contributed by atoms with Crippen LogP contribution < -0.4 is 9.47 Å². The molecule has 0 aromatic heterocycles. The number of rotatable bonds is 6. The van der Waals surface area contributed by atoms with Gasteiger partial charge in [0.05, 0.1) is 19.8 Å². The summed E-state index contributed by atoms with van der Waals surface area (Å²) in [6.07, 6.45) is 9.51. The van der Waals surface area contributed by atoms with Gasteiger partial charge in [-0.1, -0.05) is 61.4 Å². The molecule has 1 saturated heterocycles. The molecule has 4 nitrogen and oxygen atoms in total. The number of ether oxygens (including phenoxy) is 2. The van der Waals surface area contributed by atoms with E-state index in [1.807, 2.05) is 18.2 Å². The molecule has 0 unspecified atom stereocenters. The zero-order valence-corrected chi connectivity index (χ0v) is 18.1. The maximum atomic E-state index is 11.5. The van der Waals surface area contributed by atoms with Gasteiger partial charge in [-0.05, 0) is 30.9 Å². The lowest BCUT2D eigenvalue weighted by atomic mass is 9.66. The Morgan fingerprint density at radius 2 is 1.90 bits per heavy atom. The van der Waals surface area contributed by atoms with Crippen LogP contribution in [-0.4, -0.2) is 42.9 Å². The van der Waals surface area contributed by atoms with Crippen molar-refractivity contribution in [2.24, 2.45) is 5.92 Å². The Labute approximate surface area is 180 Å². The molecule has 30 heavy (non-hydrogen) atoms. The molecule has 3 atom stereocenters. The van der Waals surface area contributed by atoms with Crippen LogP contribution in [0.5, 0.6) is 11.5 Å². The standard InChI is InChI=1S/C26H33NO3/c1-29-21-13-14-22(24(19-21)30-2)25-23-12-6-7-15-26(23,28)16-18-27(25)17-8-11-20-9-4-3-5-10-20/h3-5,8-11,13-14,19,23,25,28H,6-7,12,15-18H2,1-2H3/b11-8+/t23-,25-,26-/m0/s1. The molecule has 2 aromatic carbocycles. The van der Waals surface area contributed by atoms with Crippen molar-refractivity contribution in [1.29, 1.82) is 0 Å². The van der Waals surface area contributed by atoms with Crippen molar-refractivity contribution in [3.8, 4) is 11.5 Å². The van der Waals surface area contributed by atoms with Crippen molar-refractivity contribution in [3.63, 3.8) is 0 Å². The molecule has 1 N–H and O–H groups in total. The lowest BCUT2D eigenvalue weighted by molar-refractivity contribution is -0.122. The summed E-state index contributed by atoms with van der Waals surface area (Å²) in [5, 5.41) is 11.5. The monoisotopic (exact) mass is 407 g/mol. The molecule has 1 heterocycles. The summed E-state index contributed by atoms with van der Waals surface area (Å²) < 4.78 is 11.2. The van der Waals surface area contributed by atoms with E-state index in [0.717, 1.165) is 55.8 Å². The number of aliphatic hydroxyl groups is 1. The van der Waals surface area contributed by atoms with Crippen LogP contribution in [0.2, 0.25) is 0 Å². The summed E-state index contributed by atoms with van der Waals surface area (Å²) >= 11 is 0. The number of likely N-dealkylation sites (tertiary alicyclic amines) is 1. The molecule has 0 amide bonds. The van der Waals surface area contributed by atoms with Crippen LogP contribution in [0.15, 0.2) is 54.6 Å². The number of fused-ring (bicyclic) bond motifs is 1. The Hall–Kier alpha value is -2.30. The van der Waals surface area contributed by atoms with Gasteiger partial charge < -0.3 is 14.6 Å². The number of benzene rings is 2. The topological polar surface area (TPSA) is 41.9 Å². The lowest BCUT2D eigenvalue weighted by Crippen LogP contribution is -2.54. The second-order valence-corrected chi connectivity index (χ2v) is 8.57. The van der Waals surface area contributed by atoms with Crippen LogP contribution in [-0.2, 0) is 0 Å². The van der Waals surface area contributed by atoms with Gasteiger partial charge in [0.25, 0.3) is 0 Å². The summed E-state index contributed by atoms with van der Waals surface area (Å²) in [5.74, 6) is 1.85. The number of hydrogen-bond acceptors (Lipinski definition) is 4. The first-order valence-electron chi connectivity index (χ1n) is 11.0. The van der Waals surface area contributed by atoms with Crippen molar-refractivity contribution in [2.45, 2.75) is 43.7 Å². The average molecular weight is 408 g/mol. The van der Waals surface area contributed by atoms with Crippen LogP contribution in [0, 0.1) is 5.92 Å². The summed E-state index contributed by atoms with van der Waals surface area (Å²) in [7, 11) is 3.39. The van der Waals surface area contributed by atoms with Gasteiger partial charge in [-0.3, -0.25) is 4.90 Å². The molecule has 2 aliphatic rings. The highest BCUT2D eigenvalue weighted by Gasteiger charge is 2.49. The molecule has 1 saturated carbocycles. The SMILES string of the molecule is COc1ccc([C@H]2[C@@H]3CCCC[C@]3(O)CCN2C/C=C/c2ccccc2)c(OC)c1. The number of piperidine rings is 1. The van der Waals surface area contributed by atoms with Crippen LogP contribution in [0.3, 0.4) is 0 Å². The van der Waals surface area contributed by atoms with E-state index < -0.39 is 5.60 Å². The van der Waals surface area contributed by atoms with E-state index in [-0.39, 0.29) is 12.0 Å². The molecule has 4 heteroatoms. The minimum Gasteiger partial charge on any atom is -0.497 e. The molecular formula is C26H33NO3. The maximum absolute atomic E-state index is 11.5. The summed E-state index contributed by atoms with van der Waals surface area (Å²) in [5.41, 5.74) is 1.78. The Bertz CT molecular complexity index is 866. The molecule has 1 aliphatic carbocycles. The molecular weight excluding hydrogens is 374 g/mol. The maximum Gasteiger partial charge on any atom is 0.127 e. The molecule has 160 valence electrons. The average Bonchev–Trinajstić information content (AvgIpc) is 2.79. The van der Waals surface area contributed by atoms with Crippen molar-refractivity contribution in [2.75, 3.05) is 27.3 Å². The third-order valence-corrected chi connectivity index (χ3v) is 6.88. The third kappa shape index (κ3) is 4.26. The zero-order valence-electron chi connectivity index (χ0n) is 18.1. The van der Waals surface area contributed by atoms with Gasteiger partial charge in [0, 0.05) is 36.7 Å². The first kappa shape index (κ1) is 21.0. The Kier molecular flexibility index (Phi) is 6.45. The van der Waals surface area contributed by atoms with E-state index in [0.29, 0.717) is 0 Å². The minimum atomic E-state index is -0.576. The van der Waals surface area contributed by atoms with Gasteiger partial charge in [-0.25, -0.2) is 0 Å². The zero-order chi connectivity index (χ0) is 21.0. The molecule has 0 bridgehead atoms. The van der Waals surface area contributed by atoms with Gasteiger partial charge >= 0.3 is 0 Å². The summed E-state index contributed by atoms with van der Waals surface area (Å²) in [6, 6.07) is 16.6. The van der Waals surface area contributed by atoms with E-state index in [2.05, 4.69) is 47.4 Å². The predicted molar refractivity (Wildman–Crippen MR) is 121 cm³/mol. The predicted octanol–water partition coefficient (Wildman–Crippen LogP) is 5.09. The number of methoxy groups -OCH3 is 2. The Balaban J connectivity index is 1.66. The Morgan fingerprint density at radius 3 is 2.67 bits per heavy atom. The van der Waals surface area contributed by atoms with Crippen LogP contribution in [0.4, 0.5) is 0 Å². The third-order valence-electron chi connectivity index (χ3n) is 6.88. The van der Waals surface area contributed by atoms with Crippen molar-refractivity contribution in [3.05, 3.63) is 65.7 Å². The van der Waals surface area contributed by atoms with Crippen LogP contribution in [0.25, 0.3) is 6.08 Å². The normalized spacial score (nSPS) is 27.0. The van der Waals surface area contributed by atoms with Gasteiger partial charge in [0.2, 0.25) is 0 Å². The fourth-order valence-electron chi connectivity index (χ4n) is 5.31. The van der Waals surface area contributed by atoms with Gasteiger partial charge in [0.15, 0.2) is 0 Å². The first-order chi connectivity index (χ1) is 14.6. The van der Waals surface area contributed by atoms with Crippen LogP contribution >= 0.6 is 0 Å². The van der Waals surface area contributed by atoms with Crippen molar-refractivity contribution < 1.29 is 14.6 Å². The molecule has 4 rings (SSSR count). The smallest absolute Gasteiger partial charge is 0.127 e. The minimum absolute atomic E-state index is 0.130. The largest absolute Gasteiger partial charge is 0.497 e. The van der Waals surface area contributed by atoms with Gasteiger partial charge in [0.1, 0.15) is 11.5 Å². The quantitative estimate of drug-likeness (QED) is 0.725. The van der Waals surface area contributed by atoms with Crippen LogP contribution in [0.1, 0.15) is 49.3 Å². The highest BCUT2D eigenvalue weighted by molar-refractivity contribution is 5.49. The molecule has 0 spiro atoms. The lowest BCUT2D eigenvalue weighted by Gasteiger charge is -2.52. The summed E-state index contributed by atoms with van der Waals surface area (Å²) in [6.45, 7) is 1.73. The highest BCUT2D eigenvalue weighted by Crippen LogP contribution is 2.51. The first-order valence-corrected chi connectivity index (χ1v) is 11.0. The number of hydrogen-bond donors (Lipinski definition) is 1. The molecule has 2 aromatic rings. The summed E-state index contributed by atoms with van der Waals surface area (Å²) in [4.78, 5) is 2.51. The van der Waals surface area contributed by atoms with E-state index in [1.54, 1.807) is 14.2 Å². The van der Waals surface area contributed by atoms with Crippen molar-refractivity contribution >= 4 is 6.08 Å². The number of nitrogens with zero attached hydrogens (tertiary/aromatic N) is 1. The molecule has 2 fully saturated rings. The van der Waals surface area contributed by atoms with E-state index in [4.69, 9.17) is 9.47 Å². The second kappa shape index (κ2) is 9.23. The fraction of sp³-hybridized carbons (Fsp3) is 0.462. The molecule has 1 aliphatic heterocycles. The van der Waals surface area contributed by atoms with Gasteiger partial charge in [-0.2, -0.15) is 0 Å². The fourth-order valence-corrected chi connectivity index (χ4v) is 5.31. The Morgan fingerprint density at radius 1 is 1.07 bits per heavy atom. The van der Waals surface area contributed by atoms with E-state index in [9.17, 15) is 5.11 Å². The van der Waals surface area contributed by atoms with E-state index in [1.165, 1.54) is 12.0 Å².